The second-order valence-corrected chi connectivity index (χ2v) is 3.54. The van der Waals surface area contributed by atoms with Crippen molar-refractivity contribution in [3.63, 3.8) is 0 Å². The van der Waals surface area contributed by atoms with Crippen LogP contribution in [0.4, 0.5) is 0 Å². The summed E-state index contributed by atoms with van der Waals surface area (Å²) in [6.07, 6.45) is 4.10. The molecule has 1 aromatic rings. The van der Waals surface area contributed by atoms with Gasteiger partial charge in [-0.3, -0.25) is 0 Å². The minimum absolute atomic E-state index is 0.0421. The maximum absolute atomic E-state index is 5.96. The highest BCUT2D eigenvalue weighted by Crippen LogP contribution is 2.41. The summed E-state index contributed by atoms with van der Waals surface area (Å²) in [5, 5.41) is 0. The lowest BCUT2D eigenvalue weighted by atomic mass is 10.1. The van der Waals surface area contributed by atoms with E-state index in [9.17, 15) is 0 Å². The molecule has 2 nitrogen and oxygen atoms in total. The van der Waals surface area contributed by atoms with E-state index >= 15 is 0 Å². The molecule has 0 aromatic carbocycles. The fourth-order valence-corrected chi connectivity index (χ4v) is 1.27. The summed E-state index contributed by atoms with van der Waals surface area (Å²) in [5.41, 5.74) is 7.09. The molecule has 0 atom stereocenters. The Morgan fingerprint density at radius 3 is 2.64 bits per heavy atom. The first-order valence-corrected chi connectivity index (χ1v) is 4.10. The third-order valence-corrected chi connectivity index (χ3v) is 2.40. The fraction of sp³-hybridized carbons (Fsp3) is 0.375. The quantitative estimate of drug-likeness (QED) is 0.623. The molecule has 1 saturated carbocycles. The number of aromatic amines is 1. The first-order chi connectivity index (χ1) is 5.21. The second-order valence-electron chi connectivity index (χ2n) is 3.10. The molecule has 0 spiro atoms. The molecule has 3 N–H and O–H groups in total. The molecule has 11 heavy (non-hydrogen) atoms. The number of hydrogen-bond donors (Lipinski definition) is 2. The third kappa shape index (κ3) is 1.21. The topological polar surface area (TPSA) is 41.8 Å². The lowest BCUT2D eigenvalue weighted by molar-refractivity contribution is 0.734. The smallest absolute Gasteiger partial charge is 0.103 e. The van der Waals surface area contributed by atoms with Crippen molar-refractivity contribution in [1.29, 1.82) is 0 Å². The minimum atomic E-state index is -0.0421. The first kappa shape index (κ1) is 7.00. The largest absolute Gasteiger partial charge is 0.353 e. The minimum Gasteiger partial charge on any atom is -0.353 e. The predicted octanol–water partition coefficient (Wildman–Crippen LogP) is 1.69. The van der Waals surface area contributed by atoms with Gasteiger partial charge in [0.1, 0.15) is 4.64 Å². The van der Waals surface area contributed by atoms with Crippen LogP contribution in [0.15, 0.2) is 18.3 Å². The van der Waals surface area contributed by atoms with Crippen LogP contribution < -0.4 is 5.73 Å². The van der Waals surface area contributed by atoms with Gasteiger partial charge >= 0.3 is 0 Å². The van der Waals surface area contributed by atoms with Crippen molar-refractivity contribution in [3.8, 4) is 0 Å². The molecule has 1 aliphatic rings. The maximum atomic E-state index is 5.96. The number of nitrogens with two attached hydrogens (primary N) is 1. The van der Waals surface area contributed by atoms with Crippen LogP contribution in [-0.4, -0.2) is 4.98 Å². The highest BCUT2D eigenvalue weighted by molar-refractivity contribution is 7.71. The molecule has 1 fully saturated rings. The molecule has 0 unspecified atom stereocenters. The normalized spacial score (nSPS) is 19.7. The summed E-state index contributed by atoms with van der Waals surface area (Å²) < 4.78 is 0.762. The highest BCUT2D eigenvalue weighted by Gasteiger charge is 2.39. The van der Waals surface area contributed by atoms with Crippen molar-refractivity contribution in [3.05, 3.63) is 28.5 Å². The van der Waals surface area contributed by atoms with Crippen molar-refractivity contribution in [2.75, 3.05) is 0 Å². The number of nitrogens with one attached hydrogen (secondary N) is 1. The van der Waals surface area contributed by atoms with Crippen LogP contribution >= 0.6 is 12.2 Å². The fourth-order valence-electron chi connectivity index (χ4n) is 1.14. The number of aromatic nitrogens is 1. The van der Waals surface area contributed by atoms with E-state index in [0.717, 1.165) is 17.5 Å². The van der Waals surface area contributed by atoms with Gasteiger partial charge in [0.05, 0.1) is 0 Å². The molecule has 1 aliphatic carbocycles. The third-order valence-electron chi connectivity index (χ3n) is 2.15. The summed E-state index contributed by atoms with van der Waals surface area (Å²) in [6.45, 7) is 0. The van der Waals surface area contributed by atoms with Crippen molar-refractivity contribution >= 4 is 12.2 Å². The van der Waals surface area contributed by atoms with Gasteiger partial charge in [-0.05, 0) is 24.5 Å². The SMILES string of the molecule is NC1(c2ccc(=S)[nH]c2)CC1. The summed E-state index contributed by atoms with van der Waals surface area (Å²) in [6, 6.07) is 3.89. The Hall–Kier alpha value is -0.670. The van der Waals surface area contributed by atoms with E-state index in [-0.39, 0.29) is 5.54 Å². The number of pyridine rings is 1. The monoisotopic (exact) mass is 166 g/mol. The van der Waals surface area contributed by atoms with E-state index < -0.39 is 0 Å². The lowest BCUT2D eigenvalue weighted by Crippen LogP contribution is -2.18. The van der Waals surface area contributed by atoms with Gasteiger partial charge in [0.2, 0.25) is 0 Å². The second kappa shape index (κ2) is 2.16. The van der Waals surface area contributed by atoms with Crippen LogP contribution in [0.25, 0.3) is 0 Å². The summed E-state index contributed by atoms with van der Waals surface area (Å²) in [7, 11) is 0. The van der Waals surface area contributed by atoms with E-state index in [1.807, 2.05) is 18.3 Å². The van der Waals surface area contributed by atoms with Gasteiger partial charge in [0, 0.05) is 11.7 Å². The highest BCUT2D eigenvalue weighted by atomic mass is 32.1. The zero-order valence-corrected chi connectivity index (χ0v) is 6.95. The van der Waals surface area contributed by atoms with E-state index in [1.165, 1.54) is 5.56 Å². The van der Waals surface area contributed by atoms with Crippen LogP contribution in [0.1, 0.15) is 18.4 Å². The Labute approximate surface area is 70.4 Å². The maximum Gasteiger partial charge on any atom is 0.103 e. The summed E-state index contributed by atoms with van der Waals surface area (Å²) in [5.74, 6) is 0. The van der Waals surface area contributed by atoms with Crippen LogP contribution in [-0.2, 0) is 5.54 Å². The molecule has 0 saturated heterocycles. The van der Waals surface area contributed by atoms with E-state index in [4.69, 9.17) is 18.0 Å². The van der Waals surface area contributed by atoms with Gasteiger partial charge in [0.15, 0.2) is 0 Å². The molecule has 1 aromatic heterocycles. The van der Waals surface area contributed by atoms with Crippen molar-refractivity contribution in [2.24, 2.45) is 5.73 Å². The molecule has 0 bridgehead atoms. The van der Waals surface area contributed by atoms with Crippen molar-refractivity contribution < 1.29 is 0 Å². The van der Waals surface area contributed by atoms with E-state index in [2.05, 4.69) is 4.98 Å². The van der Waals surface area contributed by atoms with Gasteiger partial charge in [-0.25, -0.2) is 0 Å². The van der Waals surface area contributed by atoms with Gasteiger partial charge in [-0.15, -0.1) is 0 Å². The first-order valence-electron chi connectivity index (χ1n) is 3.69. The lowest BCUT2D eigenvalue weighted by Gasteiger charge is -2.06. The van der Waals surface area contributed by atoms with E-state index in [0.29, 0.717) is 0 Å². The van der Waals surface area contributed by atoms with Crippen LogP contribution in [0.2, 0.25) is 0 Å². The Morgan fingerprint density at radius 1 is 1.45 bits per heavy atom. The average Bonchev–Trinajstić information content (AvgIpc) is 2.70. The standard InChI is InChI=1S/C8H10N2S/c9-8(3-4-8)6-1-2-7(11)10-5-6/h1-2,5H,3-4,9H2,(H,10,11). The molecular weight excluding hydrogens is 156 g/mol. The summed E-state index contributed by atoms with van der Waals surface area (Å²) in [4.78, 5) is 2.98. The van der Waals surface area contributed by atoms with Crippen LogP contribution in [0.5, 0.6) is 0 Å². The zero-order valence-electron chi connectivity index (χ0n) is 6.13. The molecule has 0 aliphatic heterocycles. The average molecular weight is 166 g/mol. The van der Waals surface area contributed by atoms with Gasteiger partial charge in [-0.1, -0.05) is 18.3 Å². The van der Waals surface area contributed by atoms with Gasteiger partial charge in [-0.2, -0.15) is 0 Å². The number of H-pyrrole nitrogens is 1. The van der Waals surface area contributed by atoms with E-state index in [1.54, 1.807) is 0 Å². The number of rotatable bonds is 1. The molecule has 2 rings (SSSR count). The van der Waals surface area contributed by atoms with Gasteiger partial charge in [0.25, 0.3) is 0 Å². The Kier molecular flexibility index (Phi) is 1.37. The van der Waals surface area contributed by atoms with Crippen molar-refractivity contribution in [1.82, 2.24) is 4.98 Å². The Morgan fingerprint density at radius 2 is 2.18 bits per heavy atom. The Bertz CT molecular complexity index is 305. The predicted molar refractivity (Wildman–Crippen MR) is 46.7 cm³/mol. The molecule has 0 amide bonds. The molecule has 58 valence electrons. The van der Waals surface area contributed by atoms with Crippen LogP contribution in [0.3, 0.4) is 0 Å². The molecule has 3 heteroatoms. The Balaban J connectivity index is 2.40. The molecule has 0 radical (unpaired) electrons. The zero-order chi connectivity index (χ0) is 7.90. The van der Waals surface area contributed by atoms with Gasteiger partial charge < -0.3 is 10.7 Å². The summed E-state index contributed by atoms with van der Waals surface area (Å²) >= 11 is 4.92. The molecular formula is C8H10N2S. The van der Waals surface area contributed by atoms with Crippen LogP contribution in [0, 0.1) is 4.64 Å². The molecule has 1 heterocycles. The number of hydrogen-bond acceptors (Lipinski definition) is 2. The van der Waals surface area contributed by atoms with Crippen molar-refractivity contribution in [2.45, 2.75) is 18.4 Å².